The Morgan fingerprint density at radius 2 is 1.87 bits per heavy atom. The molecule has 3 amide bonds. The SMILES string of the molecule is CC1Cc2ccccc2N1C(=O)C(=O)NC(=O)C1CCNCC1. The highest BCUT2D eigenvalue weighted by Crippen LogP contribution is 2.31. The number of hydrogen-bond donors (Lipinski definition) is 2. The molecule has 0 bridgehead atoms. The molecule has 0 aromatic heterocycles. The number of para-hydroxylation sites is 1. The molecule has 1 unspecified atom stereocenters. The van der Waals surface area contributed by atoms with Crippen molar-refractivity contribution >= 4 is 23.4 Å². The predicted molar refractivity (Wildman–Crippen MR) is 85.8 cm³/mol. The van der Waals surface area contributed by atoms with Gasteiger partial charge >= 0.3 is 11.8 Å². The van der Waals surface area contributed by atoms with Crippen LogP contribution in [0, 0.1) is 5.92 Å². The summed E-state index contributed by atoms with van der Waals surface area (Å²) in [7, 11) is 0. The second kappa shape index (κ2) is 6.50. The summed E-state index contributed by atoms with van der Waals surface area (Å²) < 4.78 is 0. The summed E-state index contributed by atoms with van der Waals surface area (Å²) in [4.78, 5) is 38.3. The van der Waals surface area contributed by atoms with Gasteiger partial charge in [-0.3, -0.25) is 19.7 Å². The zero-order valence-corrected chi connectivity index (χ0v) is 13.2. The van der Waals surface area contributed by atoms with Gasteiger partial charge < -0.3 is 10.2 Å². The van der Waals surface area contributed by atoms with Gasteiger partial charge in [0.25, 0.3) is 0 Å². The van der Waals surface area contributed by atoms with Crippen molar-refractivity contribution in [3.63, 3.8) is 0 Å². The first-order valence-electron chi connectivity index (χ1n) is 8.05. The van der Waals surface area contributed by atoms with Gasteiger partial charge in [-0.05, 0) is 50.9 Å². The third-order valence-corrected chi connectivity index (χ3v) is 4.57. The highest BCUT2D eigenvalue weighted by atomic mass is 16.2. The fourth-order valence-corrected chi connectivity index (χ4v) is 3.34. The molecule has 1 atom stereocenters. The number of anilines is 1. The third kappa shape index (κ3) is 3.12. The molecule has 0 aliphatic carbocycles. The summed E-state index contributed by atoms with van der Waals surface area (Å²) in [5.41, 5.74) is 1.81. The van der Waals surface area contributed by atoms with E-state index < -0.39 is 11.8 Å². The summed E-state index contributed by atoms with van der Waals surface area (Å²) in [6.07, 6.45) is 2.10. The van der Waals surface area contributed by atoms with E-state index >= 15 is 0 Å². The van der Waals surface area contributed by atoms with Crippen molar-refractivity contribution in [2.24, 2.45) is 5.92 Å². The number of amides is 3. The molecule has 0 spiro atoms. The second-order valence-corrected chi connectivity index (χ2v) is 6.20. The number of imide groups is 1. The maximum atomic E-state index is 12.5. The van der Waals surface area contributed by atoms with Gasteiger partial charge in [-0.15, -0.1) is 0 Å². The average Bonchev–Trinajstić information content (AvgIpc) is 2.90. The Bertz CT molecular complexity index is 638. The maximum Gasteiger partial charge on any atom is 0.317 e. The molecule has 23 heavy (non-hydrogen) atoms. The lowest BCUT2D eigenvalue weighted by Crippen LogP contribution is -2.49. The molecule has 2 aliphatic rings. The lowest BCUT2D eigenvalue weighted by molar-refractivity contribution is -0.142. The van der Waals surface area contributed by atoms with E-state index in [-0.39, 0.29) is 17.9 Å². The number of piperidine rings is 1. The van der Waals surface area contributed by atoms with Crippen LogP contribution >= 0.6 is 0 Å². The Labute approximate surface area is 135 Å². The van der Waals surface area contributed by atoms with Gasteiger partial charge in [-0.2, -0.15) is 0 Å². The minimum atomic E-state index is -0.836. The van der Waals surface area contributed by atoms with Crippen LogP contribution in [-0.2, 0) is 20.8 Å². The van der Waals surface area contributed by atoms with E-state index in [1.807, 2.05) is 31.2 Å². The van der Waals surface area contributed by atoms with Gasteiger partial charge in [0.05, 0.1) is 0 Å². The van der Waals surface area contributed by atoms with E-state index in [9.17, 15) is 14.4 Å². The van der Waals surface area contributed by atoms with Crippen LogP contribution < -0.4 is 15.5 Å². The van der Waals surface area contributed by atoms with Crippen molar-refractivity contribution in [2.75, 3.05) is 18.0 Å². The van der Waals surface area contributed by atoms with Gasteiger partial charge in [0.15, 0.2) is 0 Å². The van der Waals surface area contributed by atoms with E-state index in [0.717, 1.165) is 30.8 Å². The third-order valence-electron chi connectivity index (χ3n) is 4.57. The smallest absolute Gasteiger partial charge is 0.317 e. The second-order valence-electron chi connectivity index (χ2n) is 6.20. The normalized spacial score (nSPS) is 20.9. The van der Waals surface area contributed by atoms with Gasteiger partial charge in [-0.25, -0.2) is 0 Å². The molecule has 6 heteroatoms. The lowest BCUT2D eigenvalue weighted by Gasteiger charge is -2.24. The van der Waals surface area contributed by atoms with E-state index in [1.54, 1.807) is 0 Å². The van der Waals surface area contributed by atoms with Crippen molar-refractivity contribution in [3.05, 3.63) is 29.8 Å². The number of fused-ring (bicyclic) bond motifs is 1. The molecule has 122 valence electrons. The highest BCUT2D eigenvalue weighted by Gasteiger charge is 2.35. The maximum absolute atomic E-state index is 12.5. The molecule has 3 rings (SSSR count). The molecular formula is C17H21N3O3. The standard InChI is InChI=1S/C17H21N3O3/c1-11-10-13-4-2-3-5-14(13)20(11)17(23)16(22)19-15(21)12-6-8-18-9-7-12/h2-5,11-12,18H,6-10H2,1H3,(H,19,21,22). The summed E-state index contributed by atoms with van der Waals surface area (Å²) >= 11 is 0. The number of nitrogens with one attached hydrogen (secondary N) is 2. The van der Waals surface area contributed by atoms with Gasteiger partial charge in [0.2, 0.25) is 5.91 Å². The van der Waals surface area contributed by atoms with E-state index in [2.05, 4.69) is 10.6 Å². The summed E-state index contributed by atoms with van der Waals surface area (Å²) in [5.74, 6) is -2.04. The first-order chi connectivity index (χ1) is 11.1. The Morgan fingerprint density at radius 1 is 1.17 bits per heavy atom. The van der Waals surface area contributed by atoms with Crippen molar-refractivity contribution in [1.29, 1.82) is 0 Å². The fourth-order valence-electron chi connectivity index (χ4n) is 3.34. The largest absolute Gasteiger partial charge is 0.317 e. The van der Waals surface area contributed by atoms with Crippen molar-refractivity contribution < 1.29 is 14.4 Å². The highest BCUT2D eigenvalue weighted by molar-refractivity contribution is 6.43. The first kappa shape index (κ1) is 15.7. The zero-order valence-electron chi connectivity index (χ0n) is 13.2. The minimum absolute atomic E-state index is 0.0837. The van der Waals surface area contributed by atoms with E-state index in [0.29, 0.717) is 12.8 Å². The van der Waals surface area contributed by atoms with Crippen LogP contribution in [0.4, 0.5) is 5.69 Å². The number of hydrogen-bond acceptors (Lipinski definition) is 4. The lowest BCUT2D eigenvalue weighted by atomic mass is 9.97. The Morgan fingerprint density at radius 3 is 2.61 bits per heavy atom. The molecule has 0 saturated carbocycles. The van der Waals surface area contributed by atoms with Crippen molar-refractivity contribution in [1.82, 2.24) is 10.6 Å². The molecule has 6 nitrogen and oxygen atoms in total. The quantitative estimate of drug-likeness (QED) is 0.744. The summed E-state index contributed by atoms with van der Waals surface area (Å²) in [6.45, 7) is 3.42. The topological polar surface area (TPSA) is 78.5 Å². The number of carbonyl (C=O) groups is 3. The van der Waals surface area contributed by atoms with Gasteiger partial charge in [0.1, 0.15) is 0 Å². The zero-order chi connectivity index (χ0) is 16.4. The van der Waals surface area contributed by atoms with Crippen LogP contribution in [0.2, 0.25) is 0 Å². The molecule has 1 aromatic rings. The van der Waals surface area contributed by atoms with Crippen LogP contribution in [-0.4, -0.2) is 36.9 Å². The summed E-state index contributed by atoms with van der Waals surface area (Å²) in [5, 5.41) is 5.45. The van der Waals surface area contributed by atoms with Crippen molar-refractivity contribution in [2.45, 2.75) is 32.2 Å². The van der Waals surface area contributed by atoms with Crippen molar-refractivity contribution in [3.8, 4) is 0 Å². The molecule has 2 heterocycles. The first-order valence-corrected chi connectivity index (χ1v) is 8.05. The minimum Gasteiger partial charge on any atom is -0.317 e. The van der Waals surface area contributed by atoms with Crippen LogP contribution in [0.3, 0.4) is 0 Å². The molecule has 1 aromatic carbocycles. The summed E-state index contributed by atoms with van der Waals surface area (Å²) in [6, 6.07) is 7.46. The van der Waals surface area contributed by atoms with Crippen LogP contribution in [0.25, 0.3) is 0 Å². The van der Waals surface area contributed by atoms with Crippen LogP contribution in [0.15, 0.2) is 24.3 Å². The average molecular weight is 315 g/mol. The Kier molecular flexibility index (Phi) is 4.43. The fraction of sp³-hybridized carbons (Fsp3) is 0.471. The van der Waals surface area contributed by atoms with Crippen LogP contribution in [0.5, 0.6) is 0 Å². The molecule has 1 saturated heterocycles. The van der Waals surface area contributed by atoms with Gasteiger partial charge in [-0.1, -0.05) is 18.2 Å². The molecule has 2 N–H and O–H groups in total. The Hall–Kier alpha value is -2.21. The molecular weight excluding hydrogens is 294 g/mol. The Balaban J connectivity index is 1.68. The number of nitrogens with zero attached hydrogens (tertiary/aromatic N) is 1. The van der Waals surface area contributed by atoms with Crippen LogP contribution in [0.1, 0.15) is 25.3 Å². The molecule has 1 fully saturated rings. The molecule has 0 radical (unpaired) electrons. The number of rotatable bonds is 1. The monoisotopic (exact) mass is 315 g/mol. The number of carbonyl (C=O) groups excluding carboxylic acids is 3. The van der Waals surface area contributed by atoms with Gasteiger partial charge in [0, 0.05) is 17.6 Å². The van der Waals surface area contributed by atoms with E-state index in [1.165, 1.54) is 4.90 Å². The molecule has 2 aliphatic heterocycles. The van der Waals surface area contributed by atoms with E-state index in [4.69, 9.17) is 0 Å². The predicted octanol–water partition coefficient (Wildman–Crippen LogP) is 0.607. The number of benzene rings is 1.